The van der Waals surface area contributed by atoms with Crippen LogP contribution >= 0.6 is 11.3 Å². The Balaban J connectivity index is 2.62. The zero-order chi connectivity index (χ0) is 15.2. The molecular formula is C13H14F3NO2S. The predicted octanol–water partition coefficient (Wildman–Crippen LogP) is 2.47. The van der Waals surface area contributed by atoms with Crippen LogP contribution in [-0.2, 0) is 0 Å². The van der Waals surface area contributed by atoms with E-state index in [1.807, 2.05) is 0 Å². The highest BCUT2D eigenvalue weighted by molar-refractivity contribution is 7.14. The Hall–Kier alpha value is -1.52. The van der Waals surface area contributed by atoms with Gasteiger partial charge in [-0.25, -0.2) is 0 Å². The Morgan fingerprint density at radius 1 is 1.50 bits per heavy atom. The molecule has 0 aliphatic rings. The summed E-state index contributed by atoms with van der Waals surface area (Å²) in [6.07, 6.45) is -4.99. The van der Waals surface area contributed by atoms with Gasteiger partial charge in [-0.15, -0.1) is 11.3 Å². The number of halogens is 3. The van der Waals surface area contributed by atoms with Crippen LogP contribution < -0.4 is 5.32 Å². The van der Waals surface area contributed by atoms with E-state index in [0.717, 1.165) is 16.9 Å². The fourth-order valence-corrected chi connectivity index (χ4v) is 2.29. The van der Waals surface area contributed by atoms with Crippen LogP contribution in [0.2, 0.25) is 0 Å². The van der Waals surface area contributed by atoms with E-state index in [-0.39, 0.29) is 6.61 Å². The molecule has 0 spiro atoms. The molecule has 110 valence electrons. The van der Waals surface area contributed by atoms with Crippen molar-refractivity contribution in [3.8, 4) is 11.8 Å². The third kappa shape index (κ3) is 5.63. The molecule has 0 aliphatic heterocycles. The summed E-state index contributed by atoms with van der Waals surface area (Å²) >= 11 is 1.13. The van der Waals surface area contributed by atoms with Gasteiger partial charge in [0.25, 0.3) is 5.91 Å². The van der Waals surface area contributed by atoms with E-state index in [9.17, 15) is 18.0 Å². The molecule has 0 unspecified atom stereocenters. The first kappa shape index (κ1) is 16.5. The van der Waals surface area contributed by atoms with Crippen molar-refractivity contribution in [3.05, 3.63) is 21.4 Å². The normalized spacial score (nSPS) is 10.8. The van der Waals surface area contributed by atoms with Gasteiger partial charge in [-0.2, -0.15) is 13.2 Å². The van der Waals surface area contributed by atoms with Crippen LogP contribution in [0.1, 0.15) is 33.0 Å². The van der Waals surface area contributed by atoms with E-state index < -0.39 is 25.0 Å². The molecule has 3 nitrogen and oxygen atoms in total. The molecule has 0 bridgehead atoms. The van der Waals surface area contributed by atoms with Gasteiger partial charge in [-0.3, -0.25) is 4.79 Å². The summed E-state index contributed by atoms with van der Waals surface area (Å²) in [6, 6.07) is 1.59. The Labute approximate surface area is 118 Å². The van der Waals surface area contributed by atoms with E-state index in [0.29, 0.717) is 16.2 Å². The lowest BCUT2D eigenvalue weighted by atomic mass is 10.2. The largest absolute Gasteiger partial charge is 0.395 e. The van der Waals surface area contributed by atoms with Crippen LogP contribution in [0.4, 0.5) is 13.2 Å². The Kier molecular flexibility index (Phi) is 6.05. The van der Waals surface area contributed by atoms with Crippen molar-refractivity contribution in [1.29, 1.82) is 0 Å². The zero-order valence-electron chi connectivity index (χ0n) is 10.8. The second-order valence-corrected chi connectivity index (χ2v) is 5.07. The first-order valence-electron chi connectivity index (χ1n) is 5.88. The molecule has 7 heteroatoms. The van der Waals surface area contributed by atoms with Gasteiger partial charge < -0.3 is 10.4 Å². The number of hydrogen-bond donors (Lipinski definition) is 2. The number of alkyl halides is 3. The molecule has 1 heterocycles. The first-order chi connectivity index (χ1) is 9.33. The Morgan fingerprint density at radius 3 is 2.80 bits per heavy atom. The summed E-state index contributed by atoms with van der Waals surface area (Å²) in [7, 11) is 0. The van der Waals surface area contributed by atoms with Gasteiger partial charge in [0.05, 0.1) is 22.8 Å². The van der Waals surface area contributed by atoms with Crippen LogP contribution in [0.15, 0.2) is 6.07 Å². The maximum atomic E-state index is 12.0. The minimum absolute atomic E-state index is 0.0395. The Morgan fingerprint density at radius 2 is 2.20 bits per heavy atom. The molecule has 20 heavy (non-hydrogen) atoms. The Bertz CT molecular complexity index is 526. The zero-order valence-corrected chi connectivity index (χ0v) is 11.6. The van der Waals surface area contributed by atoms with Crippen LogP contribution in [0.5, 0.6) is 0 Å². The van der Waals surface area contributed by atoms with Crippen LogP contribution in [0.3, 0.4) is 0 Å². The molecule has 1 aromatic heterocycles. The quantitative estimate of drug-likeness (QED) is 0.840. The number of rotatable bonds is 4. The number of hydrogen-bond acceptors (Lipinski definition) is 3. The third-order valence-corrected chi connectivity index (χ3v) is 3.43. The number of carbonyl (C=O) groups is 1. The van der Waals surface area contributed by atoms with Crippen LogP contribution in [0, 0.1) is 18.8 Å². The average Bonchev–Trinajstić information content (AvgIpc) is 2.70. The fourth-order valence-electron chi connectivity index (χ4n) is 1.32. The fraction of sp³-hybridized carbons (Fsp3) is 0.462. The topological polar surface area (TPSA) is 49.3 Å². The molecule has 2 N–H and O–H groups in total. The third-order valence-electron chi connectivity index (χ3n) is 2.27. The maximum Gasteiger partial charge on any atom is 0.390 e. The number of thiophene rings is 1. The van der Waals surface area contributed by atoms with E-state index in [4.69, 9.17) is 5.11 Å². The van der Waals surface area contributed by atoms with Crippen molar-refractivity contribution in [2.24, 2.45) is 0 Å². The van der Waals surface area contributed by atoms with Crippen molar-refractivity contribution in [1.82, 2.24) is 5.32 Å². The number of carbonyl (C=O) groups excluding carboxylic acids is 1. The summed E-state index contributed by atoms with van der Waals surface area (Å²) in [5.74, 6) is 5.03. The standard InChI is InChI=1S/C13H14F3NO2S/c1-9-8-11(20-10(9)4-2-3-7-18)12(19)17-6-5-13(14,15)16/h8,18H,3,5-7H2,1H3,(H,17,19). The van der Waals surface area contributed by atoms with Gasteiger partial charge in [-0.1, -0.05) is 11.8 Å². The molecule has 0 aromatic carbocycles. The second kappa shape index (κ2) is 7.31. The number of nitrogens with one attached hydrogen (secondary N) is 1. The molecule has 1 rings (SSSR count). The number of aliphatic hydroxyl groups is 1. The van der Waals surface area contributed by atoms with Gasteiger partial charge in [0.1, 0.15) is 0 Å². The van der Waals surface area contributed by atoms with Crippen molar-refractivity contribution in [2.75, 3.05) is 13.2 Å². The molecular weight excluding hydrogens is 291 g/mol. The van der Waals surface area contributed by atoms with E-state index >= 15 is 0 Å². The summed E-state index contributed by atoms with van der Waals surface area (Å²) in [6.45, 7) is 1.29. The molecule has 1 aromatic rings. The molecule has 0 radical (unpaired) electrons. The average molecular weight is 305 g/mol. The highest BCUT2D eigenvalue weighted by Crippen LogP contribution is 2.21. The monoisotopic (exact) mass is 305 g/mol. The van der Waals surface area contributed by atoms with Gasteiger partial charge in [0, 0.05) is 13.0 Å². The summed E-state index contributed by atoms with van der Waals surface area (Å²) in [4.78, 5) is 12.7. The summed E-state index contributed by atoms with van der Waals surface area (Å²) in [5, 5.41) is 10.8. The van der Waals surface area contributed by atoms with Crippen molar-refractivity contribution in [3.63, 3.8) is 0 Å². The van der Waals surface area contributed by atoms with Gasteiger partial charge in [0.2, 0.25) is 0 Å². The number of aryl methyl sites for hydroxylation is 1. The lowest BCUT2D eigenvalue weighted by Crippen LogP contribution is -2.27. The summed E-state index contributed by atoms with van der Waals surface area (Å²) in [5.41, 5.74) is 0.793. The maximum absolute atomic E-state index is 12.0. The van der Waals surface area contributed by atoms with Gasteiger partial charge >= 0.3 is 6.18 Å². The van der Waals surface area contributed by atoms with Gasteiger partial charge in [0.15, 0.2) is 0 Å². The van der Waals surface area contributed by atoms with E-state index in [2.05, 4.69) is 17.2 Å². The van der Waals surface area contributed by atoms with Crippen molar-refractivity contribution >= 4 is 17.2 Å². The summed E-state index contributed by atoms with van der Waals surface area (Å²) < 4.78 is 35.9. The molecule has 0 aliphatic carbocycles. The lowest BCUT2D eigenvalue weighted by molar-refractivity contribution is -0.132. The van der Waals surface area contributed by atoms with Crippen molar-refractivity contribution < 1.29 is 23.1 Å². The first-order valence-corrected chi connectivity index (χ1v) is 6.70. The smallest absolute Gasteiger partial charge is 0.390 e. The molecule has 0 atom stereocenters. The molecule has 0 saturated heterocycles. The van der Waals surface area contributed by atoms with Crippen LogP contribution in [0.25, 0.3) is 0 Å². The highest BCUT2D eigenvalue weighted by atomic mass is 32.1. The molecule has 0 fully saturated rings. The van der Waals surface area contributed by atoms with Gasteiger partial charge in [-0.05, 0) is 18.6 Å². The minimum atomic E-state index is -4.28. The van der Waals surface area contributed by atoms with E-state index in [1.165, 1.54) is 0 Å². The molecule has 1 amide bonds. The van der Waals surface area contributed by atoms with Crippen LogP contribution in [-0.4, -0.2) is 30.3 Å². The number of amides is 1. The number of aliphatic hydroxyl groups excluding tert-OH is 1. The minimum Gasteiger partial charge on any atom is -0.395 e. The predicted molar refractivity (Wildman–Crippen MR) is 70.6 cm³/mol. The highest BCUT2D eigenvalue weighted by Gasteiger charge is 2.26. The lowest BCUT2D eigenvalue weighted by Gasteiger charge is -2.06. The van der Waals surface area contributed by atoms with E-state index in [1.54, 1.807) is 13.0 Å². The van der Waals surface area contributed by atoms with Crippen molar-refractivity contribution in [2.45, 2.75) is 25.9 Å². The SMILES string of the molecule is Cc1cc(C(=O)NCCC(F)(F)F)sc1C#CCCO. The molecule has 0 saturated carbocycles. The second-order valence-electron chi connectivity index (χ2n) is 4.02.